The highest BCUT2D eigenvalue weighted by atomic mass is 16.4. The molecule has 0 bridgehead atoms. The maximum atomic E-state index is 11.5. The molecule has 3 aromatic rings. The lowest BCUT2D eigenvalue weighted by molar-refractivity contribution is 0.528. The van der Waals surface area contributed by atoms with Gasteiger partial charge in [-0.25, -0.2) is 4.79 Å². The van der Waals surface area contributed by atoms with E-state index in [2.05, 4.69) is 0 Å². The molecule has 5 heteroatoms. The van der Waals surface area contributed by atoms with E-state index in [1.165, 1.54) is 4.57 Å². The minimum Gasteiger partial charge on any atom is -0.408 e. The Balaban J connectivity index is 2.12. The number of aromatic nitrogens is 1. The summed E-state index contributed by atoms with van der Waals surface area (Å²) in [4.78, 5) is 13.5. The maximum absolute atomic E-state index is 11.5. The molecule has 0 spiro atoms. The van der Waals surface area contributed by atoms with Gasteiger partial charge < -0.3 is 15.1 Å². The number of hydrogen-bond donors (Lipinski definition) is 1. The van der Waals surface area contributed by atoms with Crippen LogP contribution in [0.15, 0.2) is 51.7 Å². The molecule has 0 radical (unpaired) electrons. The summed E-state index contributed by atoms with van der Waals surface area (Å²) in [5, 5.41) is 0. The predicted molar refractivity (Wildman–Crippen MR) is 80.4 cm³/mol. The smallest absolute Gasteiger partial charge is 0.408 e. The Morgan fingerprint density at radius 1 is 1.20 bits per heavy atom. The molecule has 0 fully saturated rings. The van der Waals surface area contributed by atoms with Crippen LogP contribution in [0.5, 0.6) is 0 Å². The SMILES string of the molecule is CN(c1ccc2oc(=O)n(C)c2c1)c1ccccc1N. The van der Waals surface area contributed by atoms with Crippen LogP contribution in [-0.4, -0.2) is 11.6 Å². The summed E-state index contributed by atoms with van der Waals surface area (Å²) in [6, 6.07) is 13.3. The number of rotatable bonds is 2. The monoisotopic (exact) mass is 269 g/mol. The van der Waals surface area contributed by atoms with E-state index >= 15 is 0 Å². The number of nitrogens with zero attached hydrogens (tertiary/aromatic N) is 2. The third-order valence-electron chi connectivity index (χ3n) is 3.46. The number of nitrogen functional groups attached to an aromatic ring is 1. The van der Waals surface area contributed by atoms with Crippen molar-refractivity contribution in [2.75, 3.05) is 17.7 Å². The van der Waals surface area contributed by atoms with Crippen LogP contribution in [-0.2, 0) is 7.05 Å². The van der Waals surface area contributed by atoms with Gasteiger partial charge in [0.1, 0.15) is 0 Å². The Bertz CT molecular complexity index is 832. The average Bonchev–Trinajstić information content (AvgIpc) is 2.74. The first-order chi connectivity index (χ1) is 9.58. The van der Waals surface area contributed by atoms with E-state index < -0.39 is 0 Å². The summed E-state index contributed by atoms with van der Waals surface area (Å²) >= 11 is 0. The van der Waals surface area contributed by atoms with E-state index in [0.717, 1.165) is 16.9 Å². The van der Waals surface area contributed by atoms with Gasteiger partial charge in [0, 0.05) is 19.8 Å². The minimum atomic E-state index is -0.362. The molecule has 0 aliphatic carbocycles. The molecule has 5 nitrogen and oxygen atoms in total. The first-order valence-corrected chi connectivity index (χ1v) is 6.26. The molecule has 0 saturated carbocycles. The largest absolute Gasteiger partial charge is 0.419 e. The molecule has 102 valence electrons. The fraction of sp³-hybridized carbons (Fsp3) is 0.133. The number of anilines is 3. The summed E-state index contributed by atoms with van der Waals surface area (Å²) in [7, 11) is 3.62. The number of nitrogens with two attached hydrogens (primary N) is 1. The van der Waals surface area contributed by atoms with Crippen molar-refractivity contribution in [1.29, 1.82) is 0 Å². The van der Waals surface area contributed by atoms with Crippen LogP contribution in [0.25, 0.3) is 11.1 Å². The van der Waals surface area contributed by atoms with Crippen LogP contribution in [0.4, 0.5) is 17.1 Å². The number of benzene rings is 2. The predicted octanol–water partition coefficient (Wildman–Crippen LogP) is 2.48. The van der Waals surface area contributed by atoms with Crippen molar-refractivity contribution in [2.45, 2.75) is 0 Å². The van der Waals surface area contributed by atoms with Crippen LogP contribution in [0.3, 0.4) is 0 Å². The van der Waals surface area contributed by atoms with Crippen LogP contribution in [0.1, 0.15) is 0 Å². The van der Waals surface area contributed by atoms with Gasteiger partial charge in [-0.1, -0.05) is 12.1 Å². The van der Waals surface area contributed by atoms with Gasteiger partial charge in [0.05, 0.1) is 16.9 Å². The van der Waals surface area contributed by atoms with Gasteiger partial charge in [-0.3, -0.25) is 4.57 Å². The highest BCUT2D eigenvalue weighted by Crippen LogP contribution is 2.30. The highest BCUT2D eigenvalue weighted by Gasteiger charge is 2.11. The van der Waals surface area contributed by atoms with Crippen molar-refractivity contribution in [3.8, 4) is 0 Å². The van der Waals surface area contributed by atoms with Gasteiger partial charge in [-0.2, -0.15) is 0 Å². The second-order valence-corrected chi connectivity index (χ2v) is 4.70. The first kappa shape index (κ1) is 12.3. The summed E-state index contributed by atoms with van der Waals surface area (Å²) < 4.78 is 6.61. The van der Waals surface area contributed by atoms with Crippen molar-refractivity contribution in [3.05, 3.63) is 53.0 Å². The Morgan fingerprint density at radius 3 is 2.70 bits per heavy atom. The topological polar surface area (TPSA) is 64.4 Å². The lowest BCUT2D eigenvalue weighted by Crippen LogP contribution is -2.12. The summed E-state index contributed by atoms with van der Waals surface area (Å²) in [5.41, 5.74) is 9.89. The number of oxazole rings is 1. The van der Waals surface area contributed by atoms with Crippen molar-refractivity contribution >= 4 is 28.2 Å². The molecular formula is C15H15N3O2. The first-order valence-electron chi connectivity index (χ1n) is 6.26. The van der Waals surface area contributed by atoms with E-state index in [-0.39, 0.29) is 5.76 Å². The Hall–Kier alpha value is -2.69. The van der Waals surface area contributed by atoms with Gasteiger partial charge in [0.25, 0.3) is 0 Å². The second-order valence-electron chi connectivity index (χ2n) is 4.70. The van der Waals surface area contributed by atoms with Gasteiger partial charge in [-0.05, 0) is 30.3 Å². The summed E-state index contributed by atoms with van der Waals surface area (Å²) in [5.74, 6) is -0.362. The summed E-state index contributed by atoms with van der Waals surface area (Å²) in [6.07, 6.45) is 0. The molecule has 2 aromatic carbocycles. The molecular weight excluding hydrogens is 254 g/mol. The average molecular weight is 269 g/mol. The lowest BCUT2D eigenvalue weighted by atomic mass is 10.2. The molecule has 20 heavy (non-hydrogen) atoms. The molecule has 3 rings (SSSR count). The molecule has 0 amide bonds. The molecule has 0 saturated heterocycles. The molecule has 1 heterocycles. The van der Waals surface area contributed by atoms with Crippen molar-refractivity contribution in [2.24, 2.45) is 7.05 Å². The van der Waals surface area contributed by atoms with E-state index in [1.54, 1.807) is 13.1 Å². The fourth-order valence-corrected chi connectivity index (χ4v) is 2.26. The molecule has 0 unspecified atom stereocenters. The van der Waals surface area contributed by atoms with E-state index in [4.69, 9.17) is 10.2 Å². The molecule has 0 atom stereocenters. The zero-order valence-corrected chi connectivity index (χ0v) is 11.3. The van der Waals surface area contributed by atoms with E-state index in [1.807, 2.05) is 48.3 Å². The van der Waals surface area contributed by atoms with Gasteiger partial charge in [0.15, 0.2) is 5.58 Å². The normalized spacial score (nSPS) is 10.9. The van der Waals surface area contributed by atoms with Gasteiger partial charge in [-0.15, -0.1) is 0 Å². The van der Waals surface area contributed by atoms with Crippen LogP contribution in [0.2, 0.25) is 0 Å². The Labute approximate surface area is 115 Å². The highest BCUT2D eigenvalue weighted by molar-refractivity contribution is 5.82. The molecule has 2 N–H and O–H groups in total. The Kier molecular flexibility index (Phi) is 2.75. The number of fused-ring (bicyclic) bond motifs is 1. The third-order valence-corrected chi connectivity index (χ3v) is 3.46. The number of hydrogen-bond acceptors (Lipinski definition) is 4. The van der Waals surface area contributed by atoms with Crippen molar-refractivity contribution in [3.63, 3.8) is 0 Å². The molecule has 0 aliphatic heterocycles. The van der Waals surface area contributed by atoms with E-state index in [0.29, 0.717) is 11.3 Å². The molecule has 1 aromatic heterocycles. The lowest BCUT2D eigenvalue weighted by Gasteiger charge is -2.21. The fourth-order valence-electron chi connectivity index (χ4n) is 2.26. The summed E-state index contributed by atoms with van der Waals surface area (Å²) in [6.45, 7) is 0. The van der Waals surface area contributed by atoms with Crippen LogP contribution >= 0.6 is 0 Å². The zero-order valence-electron chi connectivity index (χ0n) is 11.3. The van der Waals surface area contributed by atoms with Crippen molar-refractivity contribution < 1.29 is 4.42 Å². The zero-order chi connectivity index (χ0) is 14.3. The maximum Gasteiger partial charge on any atom is 0.419 e. The van der Waals surface area contributed by atoms with E-state index in [9.17, 15) is 4.79 Å². The van der Waals surface area contributed by atoms with Gasteiger partial charge >= 0.3 is 5.76 Å². The standard InChI is InChI=1S/C15H15N3O2/c1-17(12-6-4-3-5-11(12)16)10-7-8-14-13(9-10)18(2)15(19)20-14/h3-9H,16H2,1-2H3. The number of para-hydroxylation sites is 2. The van der Waals surface area contributed by atoms with Crippen LogP contribution < -0.4 is 16.4 Å². The van der Waals surface area contributed by atoms with Gasteiger partial charge in [0.2, 0.25) is 0 Å². The second kappa shape index (κ2) is 4.45. The quantitative estimate of drug-likeness (QED) is 0.726. The van der Waals surface area contributed by atoms with Crippen molar-refractivity contribution in [1.82, 2.24) is 4.57 Å². The third kappa shape index (κ3) is 1.84. The number of aryl methyl sites for hydroxylation is 1. The molecule has 0 aliphatic rings. The minimum absolute atomic E-state index is 0.362. The Morgan fingerprint density at radius 2 is 1.95 bits per heavy atom. The van der Waals surface area contributed by atoms with Crippen LogP contribution in [0, 0.1) is 0 Å².